The molecule has 20 heavy (non-hydrogen) atoms. The van der Waals surface area contributed by atoms with Gasteiger partial charge in [-0.3, -0.25) is 9.98 Å². The maximum absolute atomic E-state index is 4.57. The van der Waals surface area contributed by atoms with Gasteiger partial charge in [-0.25, -0.2) is 0 Å². The fourth-order valence-electron chi connectivity index (χ4n) is 1.64. The zero-order chi connectivity index (χ0) is 14.5. The van der Waals surface area contributed by atoms with E-state index in [9.17, 15) is 0 Å². The minimum absolute atomic E-state index is 0.849. The van der Waals surface area contributed by atoms with Crippen molar-refractivity contribution in [2.24, 2.45) is 9.98 Å². The number of nitrogens with zero attached hydrogens (tertiary/aromatic N) is 2. The number of para-hydroxylation sites is 2. The van der Waals surface area contributed by atoms with Gasteiger partial charge in [-0.05, 0) is 38.1 Å². The van der Waals surface area contributed by atoms with Crippen LogP contribution in [0.3, 0.4) is 0 Å². The van der Waals surface area contributed by atoms with E-state index in [0.717, 1.165) is 32.6 Å². The van der Waals surface area contributed by atoms with Gasteiger partial charge in [-0.1, -0.05) is 24.3 Å². The van der Waals surface area contributed by atoms with E-state index >= 15 is 0 Å². The lowest BCUT2D eigenvalue weighted by Gasteiger charge is -2.04. The molecule has 0 amide bonds. The maximum atomic E-state index is 4.57. The predicted molar refractivity (Wildman–Crippen MR) is 92.9 cm³/mol. The van der Waals surface area contributed by atoms with E-state index in [1.165, 1.54) is 0 Å². The third-order valence-electron chi connectivity index (χ3n) is 2.86. The second-order valence-electron chi connectivity index (χ2n) is 4.37. The topological polar surface area (TPSA) is 24.7 Å². The normalized spacial score (nSPS) is 12.6. The van der Waals surface area contributed by atoms with Gasteiger partial charge in [-0.2, -0.15) is 0 Å². The second-order valence-corrected chi connectivity index (χ2v) is 5.34. The summed E-state index contributed by atoms with van der Waals surface area (Å²) in [6, 6.07) is 15.5. The van der Waals surface area contributed by atoms with E-state index in [0.29, 0.717) is 0 Å². The van der Waals surface area contributed by atoms with Crippen LogP contribution in [0.1, 0.15) is 13.8 Å². The summed E-state index contributed by atoms with van der Waals surface area (Å²) in [5, 5.41) is 0. The molecule has 2 aromatic rings. The summed E-state index contributed by atoms with van der Waals surface area (Å²) in [7, 11) is 0. The van der Waals surface area contributed by atoms with Gasteiger partial charge in [0.25, 0.3) is 0 Å². The average molecular weight is 300 g/mol. The molecular formula is C16H16N2S2. The first kappa shape index (κ1) is 14.9. The van der Waals surface area contributed by atoms with Gasteiger partial charge in [-0.15, -0.1) is 25.3 Å². The fourth-order valence-corrected chi connectivity index (χ4v) is 2.06. The Hall–Kier alpha value is -1.52. The summed E-state index contributed by atoms with van der Waals surface area (Å²) < 4.78 is 0. The second kappa shape index (κ2) is 6.77. The van der Waals surface area contributed by atoms with E-state index < -0.39 is 0 Å². The number of hydrogen-bond donors (Lipinski definition) is 2. The molecule has 0 N–H and O–H groups in total. The van der Waals surface area contributed by atoms with E-state index in [2.05, 4.69) is 35.2 Å². The van der Waals surface area contributed by atoms with Crippen LogP contribution in [-0.2, 0) is 0 Å². The molecule has 0 aromatic heterocycles. The van der Waals surface area contributed by atoms with Gasteiger partial charge >= 0.3 is 0 Å². The van der Waals surface area contributed by atoms with Crippen LogP contribution in [0.25, 0.3) is 0 Å². The monoisotopic (exact) mass is 300 g/mol. The summed E-state index contributed by atoms with van der Waals surface area (Å²) in [6.45, 7) is 3.89. The lowest BCUT2D eigenvalue weighted by molar-refractivity contribution is 1.36. The largest absolute Gasteiger partial charge is 0.251 e. The van der Waals surface area contributed by atoms with Crippen LogP contribution in [0.2, 0.25) is 0 Å². The molecule has 0 saturated heterocycles. The minimum atomic E-state index is 0.849. The number of aliphatic imine (C=N–C) groups is 2. The molecule has 0 radical (unpaired) electrons. The smallest absolute Gasteiger partial charge is 0.0766 e. The Kier molecular flexibility index (Phi) is 5.04. The van der Waals surface area contributed by atoms with Crippen molar-refractivity contribution in [1.82, 2.24) is 0 Å². The third-order valence-corrected chi connectivity index (χ3v) is 3.62. The summed E-state index contributed by atoms with van der Waals surface area (Å²) >= 11 is 8.79. The van der Waals surface area contributed by atoms with Gasteiger partial charge < -0.3 is 0 Å². The molecule has 0 aliphatic rings. The highest BCUT2D eigenvalue weighted by Crippen LogP contribution is 2.24. The molecule has 0 spiro atoms. The molecule has 0 aliphatic heterocycles. The molecule has 2 rings (SSSR count). The SMILES string of the molecule is CC(=Nc1ccccc1S)C(C)=Nc1ccccc1S. The van der Waals surface area contributed by atoms with E-state index in [1.54, 1.807) is 0 Å². The molecular weight excluding hydrogens is 284 g/mol. The molecule has 0 unspecified atom stereocenters. The van der Waals surface area contributed by atoms with Crippen molar-refractivity contribution < 1.29 is 0 Å². The van der Waals surface area contributed by atoms with Crippen molar-refractivity contribution in [3.63, 3.8) is 0 Å². The molecule has 2 nitrogen and oxygen atoms in total. The summed E-state index contributed by atoms with van der Waals surface area (Å²) in [4.78, 5) is 10.8. The third kappa shape index (κ3) is 3.74. The Bertz CT molecular complexity index is 616. The highest BCUT2D eigenvalue weighted by Gasteiger charge is 2.02. The Morgan fingerprint density at radius 2 is 1.05 bits per heavy atom. The van der Waals surface area contributed by atoms with E-state index in [4.69, 9.17) is 0 Å². The molecule has 0 aliphatic carbocycles. The summed E-state index contributed by atoms with van der Waals surface area (Å²) in [5.41, 5.74) is 3.43. The van der Waals surface area contributed by atoms with Crippen molar-refractivity contribution in [2.75, 3.05) is 0 Å². The van der Waals surface area contributed by atoms with Crippen molar-refractivity contribution in [3.05, 3.63) is 48.5 Å². The maximum Gasteiger partial charge on any atom is 0.0766 e. The van der Waals surface area contributed by atoms with Crippen molar-refractivity contribution >= 4 is 48.1 Å². The molecule has 0 fully saturated rings. The van der Waals surface area contributed by atoms with Crippen molar-refractivity contribution in [3.8, 4) is 0 Å². The van der Waals surface area contributed by atoms with Crippen molar-refractivity contribution in [2.45, 2.75) is 23.6 Å². The quantitative estimate of drug-likeness (QED) is 0.579. The molecule has 102 valence electrons. The first-order valence-electron chi connectivity index (χ1n) is 6.25. The van der Waals surface area contributed by atoms with Crippen LogP contribution < -0.4 is 0 Å². The first-order valence-corrected chi connectivity index (χ1v) is 7.14. The van der Waals surface area contributed by atoms with E-state index in [-0.39, 0.29) is 0 Å². The number of rotatable bonds is 3. The van der Waals surface area contributed by atoms with Gasteiger partial charge in [0.2, 0.25) is 0 Å². The Labute approximate surface area is 130 Å². The van der Waals surface area contributed by atoms with Crippen LogP contribution in [0.15, 0.2) is 68.3 Å². The van der Waals surface area contributed by atoms with Gasteiger partial charge in [0.1, 0.15) is 0 Å². The molecule has 0 saturated carbocycles. The van der Waals surface area contributed by atoms with Crippen molar-refractivity contribution in [1.29, 1.82) is 0 Å². The number of thiol groups is 2. The Morgan fingerprint density at radius 3 is 1.40 bits per heavy atom. The number of benzene rings is 2. The molecule has 0 atom stereocenters. The first-order chi connectivity index (χ1) is 9.58. The zero-order valence-corrected chi connectivity index (χ0v) is 13.2. The Morgan fingerprint density at radius 1 is 0.700 bits per heavy atom. The van der Waals surface area contributed by atoms with Crippen LogP contribution in [0.5, 0.6) is 0 Å². The summed E-state index contributed by atoms with van der Waals surface area (Å²) in [6.07, 6.45) is 0. The molecule has 0 bridgehead atoms. The number of hydrogen-bond acceptors (Lipinski definition) is 4. The molecule has 0 heterocycles. The zero-order valence-electron chi connectivity index (χ0n) is 11.4. The molecule has 4 heteroatoms. The summed E-state index contributed by atoms with van der Waals surface area (Å²) in [5.74, 6) is 0. The van der Waals surface area contributed by atoms with E-state index in [1.807, 2.05) is 62.4 Å². The average Bonchev–Trinajstić information content (AvgIpc) is 2.43. The van der Waals surface area contributed by atoms with Crippen LogP contribution >= 0.6 is 25.3 Å². The highest BCUT2D eigenvalue weighted by molar-refractivity contribution is 7.80. The fraction of sp³-hybridized carbons (Fsp3) is 0.125. The lowest BCUT2D eigenvalue weighted by Crippen LogP contribution is -2.04. The lowest BCUT2D eigenvalue weighted by atomic mass is 10.2. The van der Waals surface area contributed by atoms with Gasteiger partial charge in [0.05, 0.1) is 22.8 Å². The molecule has 2 aromatic carbocycles. The predicted octanol–water partition coefficient (Wildman–Crippen LogP) is 5.15. The standard InChI is InChI=1S/C16H16N2S2/c1-11(17-13-7-3-5-9-15(13)19)12(2)18-14-8-4-6-10-16(14)20/h3-10,19-20H,1-2H3. The Balaban J connectivity index is 2.32. The van der Waals surface area contributed by atoms with Crippen LogP contribution in [0, 0.1) is 0 Å². The van der Waals surface area contributed by atoms with Gasteiger partial charge in [0.15, 0.2) is 0 Å². The highest BCUT2D eigenvalue weighted by atomic mass is 32.1. The minimum Gasteiger partial charge on any atom is -0.251 e. The van der Waals surface area contributed by atoms with Crippen LogP contribution in [0.4, 0.5) is 11.4 Å². The van der Waals surface area contributed by atoms with Crippen LogP contribution in [-0.4, -0.2) is 11.4 Å². The van der Waals surface area contributed by atoms with Gasteiger partial charge in [0, 0.05) is 9.79 Å².